The van der Waals surface area contributed by atoms with Crippen molar-refractivity contribution < 1.29 is 4.74 Å². The Kier molecular flexibility index (Phi) is 5.06. The van der Waals surface area contributed by atoms with E-state index in [1.807, 2.05) is 13.1 Å². The average molecular weight is 405 g/mol. The summed E-state index contributed by atoms with van der Waals surface area (Å²) in [6.45, 7) is 2.11. The third-order valence-electron chi connectivity index (χ3n) is 3.07. The minimum atomic E-state index is 0.169. The monoisotopic (exact) mass is 403 g/mol. The minimum absolute atomic E-state index is 0.169. The van der Waals surface area contributed by atoms with Crippen molar-refractivity contribution in [2.24, 2.45) is 0 Å². The zero-order valence-electron chi connectivity index (χ0n) is 11.0. The Morgan fingerprint density at radius 3 is 2.42 bits per heavy atom. The fraction of sp³-hybridized carbons (Fsp3) is 0.286. The number of methoxy groups -OCH3 is 1. The molecule has 1 aromatic carbocycles. The van der Waals surface area contributed by atoms with Gasteiger partial charge in [-0.2, -0.15) is 0 Å². The summed E-state index contributed by atoms with van der Waals surface area (Å²) >= 11 is 8.86. The first-order chi connectivity index (χ1) is 9.06. The predicted molar refractivity (Wildman–Crippen MR) is 88.4 cm³/mol. The van der Waals surface area contributed by atoms with E-state index in [1.165, 1.54) is 16.7 Å². The summed E-state index contributed by atoms with van der Waals surface area (Å²) in [4.78, 5) is 0. The number of nitrogens with one attached hydrogen (secondary N) is 1. The van der Waals surface area contributed by atoms with E-state index in [4.69, 9.17) is 4.74 Å². The van der Waals surface area contributed by atoms with Gasteiger partial charge in [-0.1, -0.05) is 6.07 Å². The van der Waals surface area contributed by atoms with Crippen LogP contribution in [0, 0.1) is 6.92 Å². The number of halogens is 2. The Hall–Kier alpha value is -0.360. The summed E-state index contributed by atoms with van der Waals surface area (Å²) in [5.74, 6) is 0.890. The summed E-state index contributed by atoms with van der Waals surface area (Å²) in [6.07, 6.45) is 0. The van der Waals surface area contributed by atoms with E-state index in [-0.39, 0.29) is 6.04 Å². The molecule has 102 valence electrons. The van der Waals surface area contributed by atoms with Crippen LogP contribution in [0.15, 0.2) is 31.8 Å². The molecule has 0 spiro atoms. The maximum absolute atomic E-state index is 5.26. The molecule has 2 nitrogen and oxygen atoms in total. The zero-order chi connectivity index (χ0) is 14.0. The summed E-state index contributed by atoms with van der Waals surface area (Å²) in [6, 6.07) is 8.51. The summed E-state index contributed by atoms with van der Waals surface area (Å²) in [5, 5.41) is 3.38. The lowest BCUT2D eigenvalue weighted by atomic mass is 9.97. The van der Waals surface area contributed by atoms with Gasteiger partial charge in [-0.25, -0.2) is 0 Å². The van der Waals surface area contributed by atoms with Crippen LogP contribution in [-0.4, -0.2) is 14.2 Å². The molecule has 0 aliphatic heterocycles. The van der Waals surface area contributed by atoms with Crippen LogP contribution < -0.4 is 10.1 Å². The van der Waals surface area contributed by atoms with Crippen LogP contribution in [0.4, 0.5) is 0 Å². The number of ether oxygens (including phenoxy) is 1. The van der Waals surface area contributed by atoms with Gasteiger partial charge in [-0.3, -0.25) is 0 Å². The predicted octanol–water partition coefficient (Wildman–Crippen LogP) is 4.90. The fourth-order valence-electron chi connectivity index (χ4n) is 2.13. The summed E-state index contributed by atoms with van der Waals surface area (Å²) in [5.41, 5.74) is 3.72. The molecule has 1 N–H and O–H groups in total. The molecule has 1 aromatic heterocycles. The maximum Gasteiger partial charge on any atom is 0.119 e. The van der Waals surface area contributed by atoms with E-state index >= 15 is 0 Å². The topological polar surface area (TPSA) is 21.3 Å². The second kappa shape index (κ2) is 6.39. The Morgan fingerprint density at radius 2 is 1.95 bits per heavy atom. The van der Waals surface area contributed by atoms with Gasteiger partial charge in [0, 0.05) is 0 Å². The standard InChI is InChI=1S/C14H15Br2NOS/c1-8-6-9(18-3)4-5-10(8)13(17-2)11-7-12(15)19-14(11)16/h4-7,13,17H,1-3H3. The SMILES string of the molecule is CNC(c1ccc(OC)cc1C)c1cc(Br)sc1Br. The van der Waals surface area contributed by atoms with Crippen molar-refractivity contribution in [3.63, 3.8) is 0 Å². The number of thiophene rings is 1. The smallest absolute Gasteiger partial charge is 0.119 e. The number of rotatable bonds is 4. The molecule has 1 unspecified atom stereocenters. The summed E-state index contributed by atoms with van der Waals surface area (Å²) < 4.78 is 7.53. The van der Waals surface area contributed by atoms with Gasteiger partial charge in [0.25, 0.3) is 0 Å². The van der Waals surface area contributed by atoms with Crippen molar-refractivity contribution in [2.45, 2.75) is 13.0 Å². The highest BCUT2D eigenvalue weighted by Gasteiger charge is 2.19. The molecule has 1 atom stereocenters. The second-order valence-electron chi connectivity index (χ2n) is 4.22. The van der Waals surface area contributed by atoms with Crippen molar-refractivity contribution in [3.8, 4) is 5.75 Å². The highest BCUT2D eigenvalue weighted by Crippen LogP contribution is 2.38. The van der Waals surface area contributed by atoms with Gasteiger partial charge in [0.1, 0.15) is 5.75 Å². The molecular weight excluding hydrogens is 390 g/mol. The Balaban J connectivity index is 2.45. The van der Waals surface area contributed by atoms with E-state index in [2.05, 4.69) is 62.3 Å². The van der Waals surface area contributed by atoms with Gasteiger partial charge in [-0.15, -0.1) is 11.3 Å². The van der Waals surface area contributed by atoms with Crippen molar-refractivity contribution in [1.82, 2.24) is 5.32 Å². The average Bonchev–Trinajstić information content (AvgIpc) is 2.71. The van der Waals surface area contributed by atoms with Gasteiger partial charge < -0.3 is 10.1 Å². The largest absolute Gasteiger partial charge is 0.497 e. The van der Waals surface area contributed by atoms with Gasteiger partial charge in [0.05, 0.1) is 20.7 Å². The molecular formula is C14H15Br2NOS. The lowest BCUT2D eigenvalue weighted by Crippen LogP contribution is -2.18. The van der Waals surface area contributed by atoms with Gasteiger partial charge in [-0.05, 0) is 80.7 Å². The van der Waals surface area contributed by atoms with E-state index in [9.17, 15) is 0 Å². The van der Waals surface area contributed by atoms with E-state index in [0.717, 1.165) is 13.3 Å². The normalized spacial score (nSPS) is 12.5. The molecule has 0 bridgehead atoms. The second-order valence-corrected chi connectivity index (χ2v) is 7.97. The van der Waals surface area contributed by atoms with Crippen LogP contribution >= 0.6 is 43.2 Å². The van der Waals surface area contributed by atoms with E-state index in [0.29, 0.717) is 0 Å². The molecule has 2 aromatic rings. The van der Waals surface area contributed by atoms with E-state index in [1.54, 1.807) is 18.4 Å². The van der Waals surface area contributed by atoms with E-state index < -0.39 is 0 Å². The third-order valence-corrected chi connectivity index (χ3v) is 5.46. The van der Waals surface area contributed by atoms with Crippen LogP contribution in [0.25, 0.3) is 0 Å². The molecule has 0 amide bonds. The van der Waals surface area contributed by atoms with Crippen LogP contribution in [0.3, 0.4) is 0 Å². The van der Waals surface area contributed by atoms with Crippen LogP contribution in [-0.2, 0) is 0 Å². The molecule has 2 rings (SSSR count). The lowest BCUT2D eigenvalue weighted by Gasteiger charge is -2.19. The van der Waals surface area contributed by atoms with Crippen molar-refractivity contribution in [3.05, 3.63) is 48.5 Å². The highest BCUT2D eigenvalue weighted by molar-refractivity contribution is 9.12. The van der Waals surface area contributed by atoms with Crippen LogP contribution in [0.1, 0.15) is 22.7 Å². The molecule has 5 heteroatoms. The third kappa shape index (κ3) is 3.21. The lowest BCUT2D eigenvalue weighted by molar-refractivity contribution is 0.414. The quantitative estimate of drug-likeness (QED) is 0.782. The molecule has 1 heterocycles. The fourth-order valence-corrected chi connectivity index (χ4v) is 5.03. The molecule has 0 aliphatic carbocycles. The first-order valence-electron chi connectivity index (χ1n) is 5.83. The van der Waals surface area contributed by atoms with Gasteiger partial charge in [0.15, 0.2) is 0 Å². The highest BCUT2D eigenvalue weighted by atomic mass is 79.9. The van der Waals surface area contributed by atoms with Crippen LogP contribution in [0.2, 0.25) is 0 Å². The number of hydrogen-bond donors (Lipinski definition) is 1. The van der Waals surface area contributed by atoms with Crippen LogP contribution in [0.5, 0.6) is 5.75 Å². The number of benzene rings is 1. The number of hydrogen-bond acceptors (Lipinski definition) is 3. The van der Waals surface area contributed by atoms with Crippen molar-refractivity contribution in [1.29, 1.82) is 0 Å². The zero-order valence-corrected chi connectivity index (χ0v) is 14.9. The number of aryl methyl sites for hydroxylation is 1. The van der Waals surface area contributed by atoms with Crippen molar-refractivity contribution in [2.75, 3.05) is 14.2 Å². The Bertz CT molecular complexity index is 583. The molecule has 0 saturated carbocycles. The Labute approximate surface area is 134 Å². The molecule has 0 fully saturated rings. The Morgan fingerprint density at radius 1 is 1.21 bits per heavy atom. The molecule has 0 aliphatic rings. The first kappa shape index (κ1) is 15.0. The van der Waals surface area contributed by atoms with Gasteiger partial charge in [0.2, 0.25) is 0 Å². The minimum Gasteiger partial charge on any atom is -0.497 e. The summed E-state index contributed by atoms with van der Waals surface area (Å²) in [7, 11) is 3.67. The van der Waals surface area contributed by atoms with Gasteiger partial charge >= 0.3 is 0 Å². The molecule has 0 saturated heterocycles. The molecule has 0 radical (unpaired) electrons. The maximum atomic E-state index is 5.26. The molecule has 19 heavy (non-hydrogen) atoms. The van der Waals surface area contributed by atoms with Crippen molar-refractivity contribution >= 4 is 43.2 Å². The first-order valence-corrected chi connectivity index (χ1v) is 8.23.